The molecule has 2 aromatic rings. The number of para-hydroxylation sites is 1. The van der Waals surface area contributed by atoms with Crippen LogP contribution < -0.4 is 10.1 Å². The van der Waals surface area contributed by atoms with E-state index in [4.69, 9.17) is 16.3 Å². The highest BCUT2D eigenvalue weighted by Gasteiger charge is 2.29. The predicted octanol–water partition coefficient (Wildman–Crippen LogP) is 4.21. The van der Waals surface area contributed by atoms with E-state index < -0.39 is 0 Å². The fourth-order valence-corrected chi connectivity index (χ4v) is 3.39. The van der Waals surface area contributed by atoms with Gasteiger partial charge in [0.1, 0.15) is 5.75 Å². The number of methoxy groups -OCH3 is 1. The highest BCUT2D eigenvalue weighted by atomic mass is 35.5. The van der Waals surface area contributed by atoms with E-state index in [2.05, 4.69) is 35.6 Å². The van der Waals surface area contributed by atoms with Crippen LogP contribution in [0.15, 0.2) is 48.5 Å². The van der Waals surface area contributed by atoms with E-state index in [1.165, 1.54) is 11.1 Å². The number of rotatable bonds is 3. The summed E-state index contributed by atoms with van der Waals surface area (Å²) in [5, 5.41) is 4.30. The molecular weight excluding hydrogens is 282 g/mol. The molecule has 2 nitrogen and oxygen atoms in total. The van der Waals surface area contributed by atoms with Gasteiger partial charge in [-0.05, 0) is 48.2 Å². The second-order valence-corrected chi connectivity index (χ2v) is 5.94. The highest BCUT2D eigenvalue weighted by molar-refractivity contribution is 6.30. The van der Waals surface area contributed by atoms with Gasteiger partial charge in [0.15, 0.2) is 0 Å². The van der Waals surface area contributed by atoms with Gasteiger partial charge in [-0.2, -0.15) is 0 Å². The molecule has 1 aliphatic heterocycles. The Bertz CT molecular complexity index is 596. The lowest BCUT2D eigenvalue weighted by Gasteiger charge is -2.33. The number of hydrogen-bond acceptors (Lipinski definition) is 2. The van der Waals surface area contributed by atoms with Gasteiger partial charge in [-0.25, -0.2) is 0 Å². The molecule has 3 heteroatoms. The van der Waals surface area contributed by atoms with Gasteiger partial charge in [0.2, 0.25) is 0 Å². The van der Waals surface area contributed by atoms with E-state index in [0.717, 1.165) is 30.3 Å². The molecule has 0 aliphatic carbocycles. The summed E-state index contributed by atoms with van der Waals surface area (Å²) >= 11 is 6.02. The lowest BCUT2D eigenvalue weighted by molar-refractivity contribution is 0.371. The molecule has 0 spiro atoms. The minimum Gasteiger partial charge on any atom is -0.496 e. The predicted molar refractivity (Wildman–Crippen MR) is 87.4 cm³/mol. The molecule has 110 valence electrons. The van der Waals surface area contributed by atoms with Crippen molar-refractivity contribution in [2.75, 3.05) is 20.2 Å². The van der Waals surface area contributed by atoms with Crippen molar-refractivity contribution in [3.8, 4) is 5.75 Å². The van der Waals surface area contributed by atoms with Gasteiger partial charge in [0.05, 0.1) is 7.11 Å². The first-order valence-corrected chi connectivity index (χ1v) is 7.76. The molecule has 2 atom stereocenters. The summed E-state index contributed by atoms with van der Waals surface area (Å²) in [5.41, 5.74) is 2.64. The van der Waals surface area contributed by atoms with Gasteiger partial charge >= 0.3 is 0 Å². The zero-order valence-electron chi connectivity index (χ0n) is 12.2. The molecule has 3 rings (SSSR count). The van der Waals surface area contributed by atoms with Crippen molar-refractivity contribution >= 4 is 11.6 Å². The van der Waals surface area contributed by atoms with Crippen molar-refractivity contribution in [3.63, 3.8) is 0 Å². The van der Waals surface area contributed by atoms with E-state index in [-0.39, 0.29) is 0 Å². The van der Waals surface area contributed by atoms with Gasteiger partial charge in [-0.3, -0.25) is 0 Å². The number of nitrogens with one attached hydrogen (secondary N) is 1. The minimum absolute atomic E-state index is 0.451. The van der Waals surface area contributed by atoms with Gasteiger partial charge in [0, 0.05) is 17.5 Å². The molecule has 1 N–H and O–H groups in total. The summed E-state index contributed by atoms with van der Waals surface area (Å²) in [5.74, 6) is 1.92. The quantitative estimate of drug-likeness (QED) is 0.917. The summed E-state index contributed by atoms with van der Waals surface area (Å²) < 4.78 is 5.56. The van der Waals surface area contributed by atoms with Crippen LogP contribution in [0.4, 0.5) is 0 Å². The zero-order valence-corrected chi connectivity index (χ0v) is 12.9. The summed E-state index contributed by atoms with van der Waals surface area (Å²) in [4.78, 5) is 0. The monoisotopic (exact) mass is 301 g/mol. The molecule has 0 saturated carbocycles. The van der Waals surface area contributed by atoms with E-state index in [0.29, 0.717) is 11.8 Å². The first-order chi connectivity index (χ1) is 10.3. The second kappa shape index (κ2) is 6.50. The topological polar surface area (TPSA) is 21.3 Å². The third-order valence-corrected chi connectivity index (χ3v) is 4.57. The normalized spacial score (nSPS) is 22.0. The number of benzene rings is 2. The van der Waals surface area contributed by atoms with E-state index in [1.807, 2.05) is 18.2 Å². The Morgan fingerprint density at radius 2 is 1.81 bits per heavy atom. The van der Waals surface area contributed by atoms with E-state index in [9.17, 15) is 0 Å². The van der Waals surface area contributed by atoms with Crippen LogP contribution in [0.2, 0.25) is 5.02 Å². The fourth-order valence-electron chi connectivity index (χ4n) is 3.26. The van der Waals surface area contributed by atoms with Crippen molar-refractivity contribution in [3.05, 3.63) is 64.7 Å². The Labute approximate surface area is 131 Å². The number of halogens is 1. The van der Waals surface area contributed by atoms with Crippen LogP contribution in [0.3, 0.4) is 0 Å². The van der Waals surface area contributed by atoms with Crippen LogP contribution in [0, 0.1) is 0 Å². The van der Waals surface area contributed by atoms with E-state index in [1.54, 1.807) is 7.11 Å². The van der Waals surface area contributed by atoms with Crippen molar-refractivity contribution in [2.45, 2.75) is 18.3 Å². The van der Waals surface area contributed by atoms with Gasteiger partial charge in [-0.15, -0.1) is 0 Å². The molecule has 2 unspecified atom stereocenters. The van der Waals surface area contributed by atoms with Gasteiger partial charge in [0.25, 0.3) is 0 Å². The third-order valence-electron chi connectivity index (χ3n) is 4.32. The van der Waals surface area contributed by atoms with Crippen molar-refractivity contribution in [1.29, 1.82) is 0 Å². The van der Waals surface area contributed by atoms with Crippen LogP contribution in [0.1, 0.15) is 29.4 Å². The fraction of sp³-hybridized carbons (Fsp3) is 0.333. The smallest absolute Gasteiger partial charge is 0.122 e. The maximum atomic E-state index is 6.02. The van der Waals surface area contributed by atoms with E-state index >= 15 is 0 Å². The van der Waals surface area contributed by atoms with Crippen LogP contribution in [0.5, 0.6) is 5.75 Å². The Hall–Kier alpha value is -1.51. The molecule has 2 aromatic carbocycles. The first-order valence-electron chi connectivity index (χ1n) is 7.38. The molecule has 1 fully saturated rings. The van der Waals surface area contributed by atoms with Crippen LogP contribution in [-0.4, -0.2) is 20.2 Å². The summed E-state index contributed by atoms with van der Waals surface area (Å²) in [6.07, 6.45) is 1.12. The minimum atomic E-state index is 0.451. The Kier molecular flexibility index (Phi) is 4.47. The molecule has 1 heterocycles. The SMILES string of the molecule is COc1ccccc1C1CCNCC1c1ccc(Cl)cc1. The zero-order chi connectivity index (χ0) is 14.7. The maximum absolute atomic E-state index is 6.02. The van der Waals surface area contributed by atoms with Crippen molar-refractivity contribution in [2.24, 2.45) is 0 Å². The van der Waals surface area contributed by atoms with Crippen LogP contribution in [0.25, 0.3) is 0 Å². The molecule has 0 bridgehead atoms. The Morgan fingerprint density at radius 1 is 1.05 bits per heavy atom. The average Bonchev–Trinajstić information content (AvgIpc) is 2.55. The summed E-state index contributed by atoms with van der Waals surface area (Å²) in [7, 11) is 1.75. The molecule has 0 radical (unpaired) electrons. The lowest BCUT2D eigenvalue weighted by atomic mass is 9.77. The summed E-state index contributed by atoms with van der Waals surface area (Å²) in [6, 6.07) is 16.6. The standard InChI is InChI=1S/C18H20ClNO/c1-21-18-5-3-2-4-16(18)15-10-11-20-12-17(15)13-6-8-14(19)9-7-13/h2-9,15,17,20H,10-12H2,1H3. The maximum Gasteiger partial charge on any atom is 0.122 e. The number of ether oxygens (including phenoxy) is 1. The summed E-state index contributed by atoms with van der Waals surface area (Å²) in [6.45, 7) is 2.04. The molecule has 0 aromatic heterocycles. The van der Waals surface area contributed by atoms with Gasteiger partial charge in [-0.1, -0.05) is 41.9 Å². The third kappa shape index (κ3) is 3.07. The molecule has 1 saturated heterocycles. The molecular formula is C18H20ClNO. The van der Waals surface area contributed by atoms with Crippen LogP contribution >= 0.6 is 11.6 Å². The first kappa shape index (κ1) is 14.4. The second-order valence-electron chi connectivity index (χ2n) is 5.50. The molecule has 1 aliphatic rings. The van der Waals surface area contributed by atoms with Crippen molar-refractivity contribution in [1.82, 2.24) is 5.32 Å². The Morgan fingerprint density at radius 3 is 2.57 bits per heavy atom. The molecule has 0 amide bonds. The lowest BCUT2D eigenvalue weighted by Crippen LogP contribution is -2.34. The van der Waals surface area contributed by atoms with Crippen LogP contribution in [-0.2, 0) is 0 Å². The Balaban J connectivity index is 1.96. The number of hydrogen-bond donors (Lipinski definition) is 1. The highest BCUT2D eigenvalue weighted by Crippen LogP contribution is 2.41. The number of piperidine rings is 1. The molecule has 21 heavy (non-hydrogen) atoms. The van der Waals surface area contributed by atoms with Gasteiger partial charge < -0.3 is 10.1 Å². The average molecular weight is 302 g/mol. The van der Waals surface area contributed by atoms with Crippen molar-refractivity contribution < 1.29 is 4.74 Å². The largest absolute Gasteiger partial charge is 0.496 e.